The molecule has 8 heteroatoms. The molecule has 0 aliphatic carbocycles. The summed E-state index contributed by atoms with van der Waals surface area (Å²) >= 11 is 6.02. The van der Waals surface area contributed by atoms with E-state index in [2.05, 4.69) is 5.32 Å². The third-order valence-corrected chi connectivity index (χ3v) is 3.33. The highest BCUT2D eigenvalue weighted by Crippen LogP contribution is 2.29. The molecule has 0 bridgehead atoms. The van der Waals surface area contributed by atoms with Gasteiger partial charge in [-0.05, 0) is 32.4 Å². The third kappa shape index (κ3) is 5.81. The summed E-state index contributed by atoms with van der Waals surface area (Å²) < 4.78 is 15.1. The number of benzene rings is 1. The summed E-state index contributed by atoms with van der Waals surface area (Å²) in [6.45, 7) is 5.17. The number of carbonyl (C=O) groups excluding carboxylic acids is 2. The molecule has 1 unspecified atom stereocenters. The van der Waals surface area contributed by atoms with Crippen LogP contribution in [0, 0.1) is 0 Å². The number of nitrogens with two attached hydrogens (primary N) is 1. The number of amides is 1. The van der Waals surface area contributed by atoms with Crippen LogP contribution < -0.4 is 15.8 Å². The molecule has 134 valence electrons. The van der Waals surface area contributed by atoms with Crippen LogP contribution in [0.1, 0.15) is 26.3 Å². The molecule has 0 saturated carbocycles. The van der Waals surface area contributed by atoms with E-state index in [1.807, 2.05) is 0 Å². The van der Waals surface area contributed by atoms with Crippen LogP contribution in [-0.4, -0.2) is 37.9 Å². The van der Waals surface area contributed by atoms with Gasteiger partial charge in [0.05, 0.1) is 24.9 Å². The molecular formula is C16H23ClN2O5. The van der Waals surface area contributed by atoms with Crippen molar-refractivity contribution in [1.29, 1.82) is 0 Å². The molecule has 0 aliphatic heterocycles. The number of nitrogen functional groups attached to an aromatic ring is 1. The molecule has 1 atom stereocenters. The summed E-state index contributed by atoms with van der Waals surface area (Å²) in [6.07, 6.45) is -0.617. The maximum atomic E-state index is 12.0. The second kappa shape index (κ2) is 8.10. The average Bonchev–Trinajstić information content (AvgIpc) is 2.47. The number of hydrogen-bond donors (Lipinski definition) is 2. The molecule has 3 N–H and O–H groups in total. The molecule has 0 aliphatic rings. The van der Waals surface area contributed by atoms with Gasteiger partial charge in [0.25, 0.3) is 0 Å². The molecular weight excluding hydrogens is 336 g/mol. The van der Waals surface area contributed by atoms with Crippen LogP contribution in [0.3, 0.4) is 0 Å². The van der Waals surface area contributed by atoms with E-state index in [1.165, 1.54) is 14.2 Å². The van der Waals surface area contributed by atoms with Gasteiger partial charge in [-0.2, -0.15) is 0 Å². The van der Waals surface area contributed by atoms with Crippen molar-refractivity contribution >= 4 is 29.4 Å². The second-order valence-electron chi connectivity index (χ2n) is 6.11. The lowest BCUT2D eigenvalue weighted by Crippen LogP contribution is -2.45. The Morgan fingerprint density at radius 2 is 1.92 bits per heavy atom. The van der Waals surface area contributed by atoms with Gasteiger partial charge in [-0.3, -0.25) is 0 Å². The zero-order valence-electron chi connectivity index (χ0n) is 14.4. The number of carbonyl (C=O) groups is 2. The van der Waals surface area contributed by atoms with Crippen LogP contribution in [0.25, 0.3) is 0 Å². The van der Waals surface area contributed by atoms with Gasteiger partial charge in [-0.1, -0.05) is 11.6 Å². The van der Waals surface area contributed by atoms with Crippen molar-refractivity contribution in [3.05, 3.63) is 22.7 Å². The van der Waals surface area contributed by atoms with Crippen molar-refractivity contribution in [2.45, 2.75) is 38.8 Å². The number of alkyl carbamates (subject to hydrolysis) is 1. The number of esters is 1. The van der Waals surface area contributed by atoms with Gasteiger partial charge in [-0.25, -0.2) is 9.59 Å². The number of methoxy groups -OCH3 is 2. The van der Waals surface area contributed by atoms with E-state index in [1.54, 1.807) is 32.9 Å². The summed E-state index contributed by atoms with van der Waals surface area (Å²) in [5, 5.41) is 2.82. The van der Waals surface area contributed by atoms with Gasteiger partial charge in [0.1, 0.15) is 17.4 Å². The van der Waals surface area contributed by atoms with Crippen molar-refractivity contribution in [3.63, 3.8) is 0 Å². The first-order valence-electron chi connectivity index (χ1n) is 7.26. The maximum Gasteiger partial charge on any atom is 0.408 e. The zero-order chi connectivity index (χ0) is 18.5. The lowest BCUT2D eigenvalue weighted by Gasteiger charge is -2.23. The number of ether oxygens (including phenoxy) is 3. The number of anilines is 1. The quantitative estimate of drug-likeness (QED) is 0.619. The highest BCUT2D eigenvalue weighted by Gasteiger charge is 2.26. The van der Waals surface area contributed by atoms with E-state index < -0.39 is 23.7 Å². The molecule has 0 fully saturated rings. The Labute approximate surface area is 146 Å². The van der Waals surface area contributed by atoms with Crippen LogP contribution in [0.4, 0.5) is 10.5 Å². The monoisotopic (exact) mass is 358 g/mol. The largest absolute Gasteiger partial charge is 0.496 e. The molecule has 24 heavy (non-hydrogen) atoms. The second-order valence-corrected chi connectivity index (χ2v) is 6.52. The Hall–Kier alpha value is -2.15. The van der Waals surface area contributed by atoms with E-state index in [0.717, 1.165) is 0 Å². The molecule has 7 nitrogen and oxygen atoms in total. The fourth-order valence-corrected chi connectivity index (χ4v) is 2.15. The summed E-state index contributed by atoms with van der Waals surface area (Å²) in [6, 6.07) is 2.18. The first-order chi connectivity index (χ1) is 11.1. The number of rotatable bonds is 5. The smallest absolute Gasteiger partial charge is 0.408 e. The maximum absolute atomic E-state index is 12.0. The first-order valence-corrected chi connectivity index (χ1v) is 7.64. The molecule has 1 amide bonds. The highest BCUT2D eigenvalue weighted by atomic mass is 35.5. The molecule has 0 saturated heterocycles. The fraction of sp³-hybridized carbons (Fsp3) is 0.500. The number of hydrogen-bond acceptors (Lipinski definition) is 6. The van der Waals surface area contributed by atoms with Gasteiger partial charge >= 0.3 is 12.1 Å². The van der Waals surface area contributed by atoms with Crippen LogP contribution in [-0.2, 0) is 20.7 Å². The van der Waals surface area contributed by atoms with Crippen LogP contribution in [0.2, 0.25) is 5.02 Å². The van der Waals surface area contributed by atoms with Gasteiger partial charge in [0.2, 0.25) is 0 Å². The molecule has 1 aromatic carbocycles. The average molecular weight is 359 g/mol. The topological polar surface area (TPSA) is 99.9 Å². The van der Waals surface area contributed by atoms with Gasteiger partial charge in [0.15, 0.2) is 0 Å². The Balaban J connectivity index is 3.01. The highest BCUT2D eigenvalue weighted by molar-refractivity contribution is 6.33. The van der Waals surface area contributed by atoms with Crippen molar-refractivity contribution in [2.75, 3.05) is 20.0 Å². The van der Waals surface area contributed by atoms with Crippen LogP contribution in [0.5, 0.6) is 5.75 Å². The first kappa shape index (κ1) is 19.9. The van der Waals surface area contributed by atoms with Gasteiger partial charge in [-0.15, -0.1) is 0 Å². The van der Waals surface area contributed by atoms with E-state index in [4.69, 9.17) is 31.5 Å². The fourth-order valence-electron chi connectivity index (χ4n) is 1.97. The normalized spacial score (nSPS) is 12.2. The molecule has 0 radical (unpaired) electrons. The van der Waals surface area contributed by atoms with Crippen molar-refractivity contribution in [3.8, 4) is 5.75 Å². The van der Waals surface area contributed by atoms with E-state index in [0.29, 0.717) is 22.0 Å². The summed E-state index contributed by atoms with van der Waals surface area (Å²) in [4.78, 5) is 23.9. The Morgan fingerprint density at radius 3 is 2.42 bits per heavy atom. The van der Waals surface area contributed by atoms with E-state index >= 15 is 0 Å². The van der Waals surface area contributed by atoms with Crippen molar-refractivity contribution in [2.24, 2.45) is 0 Å². The molecule has 0 aromatic heterocycles. The lowest BCUT2D eigenvalue weighted by molar-refractivity contribution is -0.143. The van der Waals surface area contributed by atoms with Crippen molar-refractivity contribution < 1.29 is 23.8 Å². The summed E-state index contributed by atoms with van der Waals surface area (Å²) in [7, 11) is 2.71. The predicted octanol–water partition coefficient (Wildman–Crippen LogP) is 2.54. The van der Waals surface area contributed by atoms with Crippen LogP contribution >= 0.6 is 11.6 Å². The van der Waals surface area contributed by atoms with Crippen LogP contribution in [0.15, 0.2) is 12.1 Å². The minimum atomic E-state index is -0.960. The standard InChI is InChI=1S/C16H23ClN2O5/c1-16(2,3)24-15(21)19-12(14(20)23-5)7-9-6-10(17)11(18)8-13(9)22-4/h6,8,12H,7,18H2,1-5H3,(H,19,21). The molecule has 1 aromatic rings. The third-order valence-electron chi connectivity index (χ3n) is 3.00. The lowest BCUT2D eigenvalue weighted by atomic mass is 10.0. The van der Waals surface area contributed by atoms with E-state index in [9.17, 15) is 9.59 Å². The van der Waals surface area contributed by atoms with E-state index in [-0.39, 0.29) is 6.42 Å². The summed E-state index contributed by atoms with van der Waals surface area (Å²) in [5.41, 5.74) is 6.00. The van der Waals surface area contributed by atoms with Gasteiger partial charge < -0.3 is 25.3 Å². The van der Waals surface area contributed by atoms with Gasteiger partial charge in [0, 0.05) is 12.5 Å². The summed E-state index contributed by atoms with van der Waals surface area (Å²) in [5.74, 6) is -0.160. The predicted molar refractivity (Wildman–Crippen MR) is 91.3 cm³/mol. The molecule has 0 heterocycles. The Bertz CT molecular complexity index is 613. The Kier molecular flexibility index (Phi) is 6.71. The molecule has 0 spiro atoms. The van der Waals surface area contributed by atoms with Crippen molar-refractivity contribution in [1.82, 2.24) is 5.32 Å². The number of nitrogens with one attached hydrogen (secondary N) is 1. The minimum Gasteiger partial charge on any atom is -0.496 e. The SMILES string of the molecule is COC(=O)C(Cc1cc(Cl)c(N)cc1OC)NC(=O)OC(C)(C)C. The molecule has 1 rings (SSSR count). The number of halogens is 1. The minimum absolute atomic E-state index is 0.106. The Morgan fingerprint density at radius 1 is 1.29 bits per heavy atom. The zero-order valence-corrected chi connectivity index (χ0v) is 15.2.